The van der Waals surface area contributed by atoms with Crippen LogP contribution in [0, 0.1) is 18.3 Å². The lowest BCUT2D eigenvalue weighted by Gasteiger charge is -2.15. The van der Waals surface area contributed by atoms with Crippen molar-refractivity contribution in [2.24, 2.45) is 5.92 Å². The molecule has 0 aliphatic carbocycles. The average Bonchev–Trinajstić information content (AvgIpc) is 2.56. The number of rotatable bonds is 4. The standard InChI is InChI=1S/C11H12BrNO3/c1-4-8(6(2)3)13-10-7(12)5-9(16-10)11(14)15/h1,5-6,8,13H,2-3H3,(H,14,15). The Bertz CT molecular complexity index is 431. The molecule has 1 atom stereocenters. The van der Waals surface area contributed by atoms with Crippen molar-refractivity contribution in [1.82, 2.24) is 0 Å². The maximum absolute atomic E-state index is 10.7. The molecular formula is C11H12BrNO3. The van der Waals surface area contributed by atoms with E-state index in [1.165, 1.54) is 6.07 Å². The third-order valence-corrected chi connectivity index (χ3v) is 2.62. The van der Waals surface area contributed by atoms with E-state index in [4.69, 9.17) is 15.9 Å². The topological polar surface area (TPSA) is 62.5 Å². The molecule has 5 heteroatoms. The van der Waals surface area contributed by atoms with Crippen molar-refractivity contribution in [2.45, 2.75) is 19.9 Å². The van der Waals surface area contributed by atoms with Crippen molar-refractivity contribution >= 4 is 27.8 Å². The van der Waals surface area contributed by atoms with Crippen LogP contribution in [0.15, 0.2) is 15.0 Å². The monoisotopic (exact) mass is 285 g/mol. The predicted molar refractivity (Wildman–Crippen MR) is 64.4 cm³/mol. The van der Waals surface area contributed by atoms with Gasteiger partial charge >= 0.3 is 5.97 Å². The molecule has 1 rings (SSSR count). The van der Waals surface area contributed by atoms with E-state index in [2.05, 4.69) is 27.2 Å². The summed E-state index contributed by atoms with van der Waals surface area (Å²) in [6, 6.07) is 1.18. The second-order valence-corrected chi connectivity index (χ2v) is 4.48. The van der Waals surface area contributed by atoms with Gasteiger partial charge in [0.1, 0.15) is 0 Å². The summed E-state index contributed by atoms with van der Waals surface area (Å²) in [6.45, 7) is 3.93. The molecule has 1 heterocycles. The number of hydrogen-bond acceptors (Lipinski definition) is 3. The summed E-state index contributed by atoms with van der Waals surface area (Å²) in [5.41, 5.74) is 0. The Morgan fingerprint density at radius 1 is 1.69 bits per heavy atom. The molecule has 0 saturated carbocycles. The fraction of sp³-hybridized carbons (Fsp3) is 0.364. The molecule has 0 aromatic carbocycles. The molecule has 2 N–H and O–H groups in total. The van der Waals surface area contributed by atoms with Gasteiger partial charge in [-0.05, 0) is 21.8 Å². The van der Waals surface area contributed by atoms with Gasteiger partial charge in [0.15, 0.2) is 0 Å². The Kier molecular flexibility index (Phi) is 4.02. The van der Waals surface area contributed by atoms with Crippen LogP contribution in [0.25, 0.3) is 0 Å². The Hall–Kier alpha value is -1.41. The van der Waals surface area contributed by atoms with Gasteiger partial charge in [-0.15, -0.1) is 6.42 Å². The fourth-order valence-corrected chi connectivity index (χ4v) is 1.52. The van der Waals surface area contributed by atoms with Crippen LogP contribution in [0.4, 0.5) is 5.88 Å². The van der Waals surface area contributed by atoms with Crippen LogP contribution in [-0.2, 0) is 0 Å². The Morgan fingerprint density at radius 3 is 2.69 bits per heavy atom. The van der Waals surface area contributed by atoms with Gasteiger partial charge in [0.25, 0.3) is 0 Å². The van der Waals surface area contributed by atoms with Crippen LogP contribution < -0.4 is 5.32 Å². The first kappa shape index (κ1) is 12.7. The van der Waals surface area contributed by atoms with Crippen molar-refractivity contribution in [1.29, 1.82) is 0 Å². The van der Waals surface area contributed by atoms with Crippen molar-refractivity contribution < 1.29 is 14.3 Å². The molecule has 1 unspecified atom stereocenters. The minimum absolute atomic E-state index is 0.131. The lowest BCUT2D eigenvalue weighted by molar-refractivity contribution is 0.0663. The van der Waals surface area contributed by atoms with Crippen molar-refractivity contribution in [3.05, 3.63) is 16.3 Å². The van der Waals surface area contributed by atoms with E-state index in [0.29, 0.717) is 10.4 Å². The van der Waals surface area contributed by atoms with Gasteiger partial charge < -0.3 is 14.8 Å². The number of anilines is 1. The molecule has 0 saturated heterocycles. The highest BCUT2D eigenvalue weighted by atomic mass is 79.9. The third-order valence-electron chi connectivity index (χ3n) is 2.03. The fourth-order valence-electron chi connectivity index (χ4n) is 1.11. The average molecular weight is 286 g/mol. The van der Waals surface area contributed by atoms with Crippen molar-refractivity contribution in [3.8, 4) is 12.3 Å². The molecule has 0 fully saturated rings. The minimum atomic E-state index is -1.12. The van der Waals surface area contributed by atoms with Crippen LogP contribution >= 0.6 is 15.9 Å². The highest BCUT2D eigenvalue weighted by molar-refractivity contribution is 9.10. The van der Waals surface area contributed by atoms with Crippen LogP contribution in [0.3, 0.4) is 0 Å². The maximum Gasteiger partial charge on any atom is 0.371 e. The van der Waals surface area contributed by atoms with Gasteiger partial charge in [-0.2, -0.15) is 0 Å². The van der Waals surface area contributed by atoms with E-state index in [9.17, 15) is 4.79 Å². The molecule has 1 aromatic rings. The van der Waals surface area contributed by atoms with E-state index in [1.54, 1.807) is 0 Å². The van der Waals surface area contributed by atoms with E-state index in [0.717, 1.165) is 0 Å². The summed E-state index contributed by atoms with van der Waals surface area (Å²) in [7, 11) is 0. The zero-order valence-corrected chi connectivity index (χ0v) is 10.5. The number of carboxylic acid groups (broad SMARTS) is 1. The highest BCUT2D eigenvalue weighted by Crippen LogP contribution is 2.28. The molecule has 16 heavy (non-hydrogen) atoms. The Balaban J connectivity index is 2.89. The van der Waals surface area contributed by atoms with Crippen LogP contribution in [-0.4, -0.2) is 17.1 Å². The first-order valence-corrected chi connectivity index (χ1v) is 5.50. The quantitative estimate of drug-likeness (QED) is 0.835. The summed E-state index contributed by atoms with van der Waals surface area (Å²) in [4.78, 5) is 10.7. The molecule has 1 aromatic heterocycles. The van der Waals surface area contributed by atoms with E-state index in [-0.39, 0.29) is 17.7 Å². The first-order valence-electron chi connectivity index (χ1n) is 4.71. The molecule has 0 aliphatic heterocycles. The second-order valence-electron chi connectivity index (χ2n) is 3.63. The molecular weight excluding hydrogens is 274 g/mol. The summed E-state index contributed by atoms with van der Waals surface area (Å²) in [5, 5.41) is 11.7. The highest BCUT2D eigenvalue weighted by Gasteiger charge is 2.17. The molecule has 0 bridgehead atoms. The summed E-state index contributed by atoms with van der Waals surface area (Å²) < 4.78 is 5.65. The summed E-state index contributed by atoms with van der Waals surface area (Å²) in [5.74, 6) is 1.89. The van der Waals surface area contributed by atoms with Crippen LogP contribution in [0.5, 0.6) is 0 Å². The summed E-state index contributed by atoms with van der Waals surface area (Å²) in [6.07, 6.45) is 5.35. The molecule has 0 aliphatic rings. The predicted octanol–water partition coefficient (Wildman–Crippen LogP) is 2.81. The van der Waals surface area contributed by atoms with Gasteiger partial charge in [-0.1, -0.05) is 19.8 Å². The maximum atomic E-state index is 10.7. The van der Waals surface area contributed by atoms with Gasteiger partial charge in [-0.25, -0.2) is 4.79 Å². The SMILES string of the molecule is C#CC(Nc1oc(C(=O)O)cc1Br)C(C)C. The number of carbonyl (C=O) groups is 1. The number of aromatic carboxylic acids is 1. The molecule has 86 valence electrons. The largest absolute Gasteiger partial charge is 0.475 e. The van der Waals surface area contributed by atoms with Crippen molar-refractivity contribution in [2.75, 3.05) is 5.32 Å². The number of carboxylic acids is 1. The zero-order valence-electron chi connectivity index (χ0n) is 8.95. The minimum Gasteiger partial charge on any atom is -0.475 e. The van der Waals surface area contributed by atoms with Crippen LogP contribution in [0.2, 0.25) is 0 Å². The molecule has 0 radical (unpaired) electrons. The number of furan rings is 1. The van der Waals surface area contributed by atoms with Crippen LogP contribution in [0.1, 0.15) is 24.4 Å². The first-order chi connectivity index (χ1) is 7.45. The van der Waals surface area contributed by atoms with E-state index < -0.39 is 5.97 Å². The smallest absolute Gasteiger partial charge is 0.371 e. The lowest BCUT2D eigenvalue weighted by Crippen LogP contribution is -2.23. The lowest BCUT2D eigenvalue weighted by atomic mass is 10.1. The molecule has 0 spiro atoms. The zero-order chi connectivity index (χ0) is 12.3. The molecule has 0 amide bonds. The van der Waals surface area contributed by atoms with E-state index in [1.807, 2.05) is 13.8 Å². The Labute approximate surface area is 102 Å². The number of hydrogen-bond donors (Lipinski definition) is 2. The van der Waals surface area contributed by atoms with Gasteiger partial charge in [0.2, 0.25) is 11.6 Å². The number of nitrogens with one attached hydrogen (secondary N) is 1. The van der Waals surface area contributed by atoms with E-state index >= 15 is 0 Å². The Morgan fingerprint density at radius 2 is 2.31 bits per heavy atom. The van der Waals surface area contributed by atoms with Gasteiger partial charge in [0, 0.05) is 6.07 Å². The third kappa shape index (κ3) is 2.80. The second kappa shape index (κ2) is 5.08. The van der Waals surface area contributed by atoms with Crippen molar-refractivity contribution in [3.63, 3.8) is 0 Å². The number of halogens is 1. The number of terminal acetylenes is 1. The van der Waals surface area contributed by atoms with Gasteiger partial charge in [0.05, 0.1) is 10.5 Å². The summed E-state index contributed by atoms with van der Waals surface area (Å²) >= 11 is 3.20. The normalized spacial score (nSPS) is 12.2. The van der Waals surface area contributed by atoms with Gasteiger partial charge in [-0.3, -0.25) is 0 Å². The molecule has 4 nitrogen and oxygen atoms in total.